The third-order valence-electron chi connectivity index (χ3n) is 2.83. The third-order valence-corrected chi connectivity index (χ3v) is 3.51. The van der Waals surface area contributed by atoms with Gasteiger partial charge >= 0.3 is 0 Å². The fraction of sp³-hybridized carbons (Fsp3) is 0.545. The topological polar surface area (TPSA) is 102 Å². The van der Waals surface area contributed by atoms with Gasteiger partial charge in [0.2, 0.25) is 0 Å². The number of nitrogens with zero attached hydrogens (tertiary/aromatic N) is 2. The van der Waals surface area contributed by atoms with Crippen molar-refractivity contribution in [3.05, 3.63) is 11.1 Å². The average molecular weight is 283 g/mol. The molecule has 2 heterocycles. The molecular formula is C11H17N5O2S. The summed E-state index contributed by atoms with van der Waals surface area (Å²) in [4.78, 5) is 20.8. The molecule has 0 radical (unpaired) electrons. The lowest BCUT2D eigenvalue weighted by atomic mass is 10.2. The van der Waals surface area contributed by atoms with Crippen LogP contribution in [0.1, 0.15) is 18.5 Å². The first kappa shape index (κ1) is 13.8. The van der Waals surface area contributed by atoms with E-state index in [4.69, 9.17) is 10.6 Å². The molecule has 1 aliphatic heterocycles. The van der Waals surface area contributed by atoms with Crippen LogP contribution in [0.25, 0.3) is 0 Å². The summed E-state index contributed by atoms with van der Waals surface area (Å²) in [5.41, 5.74) is 6.13. The van der Waals surface area contributed by atoms with E-state index >= 15 is 0 Å². The summed E-state index contributed by atoms with van der Waals surface area (Å²) < 4.78 is 0. The number of rotatable bonds is 5. The Bertz CT molecular complexity index is 467. The first-order chi connectivity index (χ1) is 9.20. The van der Waals surface area contributed by atoms with Crippen molar-refractivity contribution >= 4 is 28.1 Å². The minimum Gasteiger partial charge on any atom is -0.398 e. The van der Waals surface area contributed by atoms with Crippen LogP contribution >= 0.6 is 11.3 Å². The quantitative estimate of drug-likeness (QED) is 0.519. The molecule has 7 nitrogen and oxygen atoms in total. The van der Waals surface area contributed by atoms with Gasteiger partial charge in [-0.1, -0.05) is 5.16 Å². The average Bonchev–Trinajstić information content (AvgIpc) is 3.04. The Morgan fingerprint density at radius 1 is 1.79 bits per heavy atom. The first-order valence-corrected chi connectivity index (χ1v) is 6.92. The van der Waals surface area contributed by atoms with E-state index in [1.807, 2.05) is 0 Å². The molecule has 1 unspecified atom stereocenters. The molecule has 1 fully saturated rings. The van der Waals surface area contributed by atoms with E-state index in [0.29, 0.717) is 23.4 Å². The van der Waals surface area contributed by atoms with Gasteiger partial charge in [-0.3, -0.25) is 4.79 Å². The maximum atomic E-state index is 12.1. The van der Waals surface area contributed by atoms with E-state index < -0.39 is 0 Å². The van der Waals surface area contributed by atoms with Crippen LogP contribution < -0.4 is 16.4 Å². The van der Waals surface area contributed by atoms with Crippen molar-refractivity contribution in [2.24, 2.45) is 5.16 Å². The van der Waals surface area contributed by atoms with Crippen LogP contribution in [0.3, 0.4) is 0 Å². The first-order valence-electron chi connectivity index (χ1n) is 6.05. The molecule has 1 aromatic heterocycles. The summed E-state index contributed by atoms with van der Waals surface area (Å²) in [6.07, 6.45) is 2.21. The number of thiazole rings is 1. The van der Waals surface area contributed by atoms with Crippen molar-refractivity contribution in [3.8, 4) is 0 Å². The molecule has 8 heteroatoms. The van der Waals surface area contributed by atoms with E-state index in [2.05, 4.69) is 20.8 Å². The Balaban J connectivity index is 1.98. The molecule has 104 valence electrons. The van der Waals surface area contributed by atoms with Crippen molar-refractivity contribution in [1.29, 1.82) is 0 Å². The Labute approximate surface area is 115 Å². The second-order valence-electron chi connectivity index (χ2n) is 4.20. The van der Waals surface area contributed by atoms with Gasteiger partial charge < -0.3 is 21.2 Å². The standard InChI is InChI=1S/C11H17N5O2S/c1-18-16-9(8-6-19-11(12)15-8)10(17)14-5-7-3-2-4-13-7/h6-7,13H,2-5H2,1H3,(H2,12,15)(H,14,17)/b16-9+. The Hall–Kier alpha value is -1.67. The predicted octanol–water partition coefficient (Wildman–Crippen LogP) is -0.0560. The largest absolute Gasteiger partial charge is 0.398 e. The van der Waals surface area contributed by atoms with Crippen LogP contribution in [0.2, 0.25) is 0 Å². The van der Waals surface area contributed by atoms with E-state index in [0.717, 1.165) is 19.4 Å². The number of anilines is 1. The number of hydrogen-bond donors (Lipinski definition) is 3. The fourth-order valence-corrected chi connectivity index (χ4v) is 2.47. The number of nitrogens with one attached hydrogen (secondary N) is 2. The molecule has 1 saturated heterocycles. The minimum absolute atomic E-state index is 0.147. The maximum Gasteiger partial charge on any atom is 0.275 e. The van der Waals surface area contributed by atoms with E-state index in [-0.39, 0.29) is 11.6 Å². The number of oxime groups is 1. The number of nitrogen functional groups attached to an aromatic ring is 1. The highest BCUT2D eigenvalue weighted by Crippen LogP contribution is 2.12. The Morgan fingerprint density at radius 3 is 3.21 bits per heavy atom. The van der Waals surface area contributed by atoms with E-state index in [9.17, 15) is 4.79 Å². The molecule has 0 saturated carbocycles. The van der Waals surface area contributed by atoms with E-state index in [1.165, 1.54) is 18.4 Å². The number of aromatic nitrogens is 1. The SMILES string of the molecule is CO/N=C(/C(=O)NCC1CCCN1)c1csc(N)n1. The monoisotopic (exact) mass is 283 g/mol. The molecular weight excluding hydrogens is 266 g/mol. The van der Waals surface area contributed by atoms with Gasteiger partial charge in [0.1, 0.15) is 12.8 Å². The second-order valence-corrected chi connectivity index (χ2v) is 5.09. The summed E-state index contributed by atoms with van der Waals surface area (Å²) in [5.74, 6) is -0.305. The lowest BCUT2D eigenvalue weighted by Gasteiger charge is -2.11. The number of amides is 1. The van der Waals surface area contributed by atoms with Crippen molar-refractivity contribution in [2.75, 3.05) is 25.9 Å². The van der Waals surface area contributed by atoms with Crippen LogP contribution in [0.5, 0.6) is 0 Å². The van der Waals surface area contributed by atoms with Crippen molar-refractivity contribution < 1.29 is 9.63 Å². The van der Waals surface area contributed by atoms with Gasteiger partial charge in [-0.15, -0.1) is 11.3 Å². The molecule has 1 aliphatic rings. The minimum atomic E-state index is -0.305. The van der Waals surface area contributed by atoms with Crippen LogP contribution in [-0.2, 0) is 9.63 Å². The Morgan fingerprint density at radius 2 is 2.63 bits per heavy atom. The van der Waals surface area contributed by atoms with Gasteiger partial charge in [-0.25, -0.2) is 4.98 Å². The predicted molar refractivity (Wildman–Crippen MR) is 74.1 cm³/mol. The zero-order chi connectivity index (χ0) is 13.7. The van der Waals surface area contributed by atoms with Gasteiger partial charge in [0.05, 0.1) is 0 Å². The van der Waals surface area contributed by atoms with Crippen LogP contribution in [0.15, 0.2) is 10.5 Å². The zero-order valence-corrected chi connectivity index (χ0v) is 11.5. The lowest BCUT2D eigenvalue weighted by molar-refractivity contribution is -0.115. The van der Waals surface area contributed by atoms with Crippen LogP contribution in [0, 0.1) is 0 Å². The molecule has 0 aliphatic carbocycles. The van der Waals surface area contributed by atoms with Gasteiger partial charge in [-0.2, -0.15) is 0 Å². The number of carbonyl (C=O) groups excluding carboxylic acids is 1. The normalized spacial score (nSPS) is 19.4. The van der Waals surface area contributed by atoms with Gasteiger partial charge in [0.15, 0.2) is 10.8 Å². The fourth-order valence-electron chi connectivity index (χ4n) is 1.92. The molecule has 4 N–H and O–H groups in total. The molecule has 1 atom stereocenters. The smallest absolute Gasteiger partial charge is 0.275 e. The summed E-state index contributed by atoms with van der Waals surface area (Å²) in [5, 5.41) is 11.9. The zero-order valence-electron chi connectivity index (χ0n) is 10.7. The second kappa shape index (κ2) is 6.48. The molecule has 1 aromatic rings. The molecule has 0 spiro atoms. The van der Waals surface area contributed by atoms with Crippen molar-refractivity contribution in [1.82, 2.24) is 15.6 Å². The molecule has 19 heavy (non-hydrogen) atoms. The van der Waals surface area contributed by atoms with Crippen molar-refractivity contribution in [2.45, 2.75) is 18.9 Å². The highest BCUT2D eigenvalue weighted by Gasteiger charge is 2.20. The van der Waals surface area contributed by atoms with Crippen LogP contribution in [-0.4, -0.2) is 42.8 Å². The number of nitrogens with two attached hydrogens (primary N) is 1. The third kappa shape index (κ3) is 3.65. The Kier molecular flexibility index (Phi) is 4.69. The van der Waals surface area contributed by atoms with Gasteiger partial charge in [0, 0.05) is 18.0 Å². The maximum absolute atomic E-state index is 12.1. The molecule has 0 bridgehead atoms. The van der Waals surface area contributed by atoms with Crippen LogP contribution in [0.4, 0.5) is 5.13 Å². The summed E-state index contributed by atoms with van der Waals surface area (Å²) in [7, 11) is 1.39. The lowest BCUT2D eigenvalue weighted by Crippen LogP contribution is -2.40. The number of hydrogen-bond acceptors (Lipinski definition) is 7. The molecule has 1 amide bonds. The highest BCUT2D eigenvalue weighted by atomic mass is 32.1. The highest BCUT2D eigenvalue weighted by molar-refractivity contribution is 7.13. The van der Waals surface area contributed by atoms with Gasteiger partial charge in [-0.05, 0) is 19.4 Å². The number of carbonyl (C=O) groups is 1. The summed E-state index contributed by atoms with van der Waals surface area (Å²) >= 11 is 1.26. The molecule has 2 rings (SSSR count). The summed E-state index contributed by atoms with van der Waals surface area (Å²) in [6, 6.07) is 0.327. The van der Waals surface area contributed by atoms with Crippen molar-refractivity contribution in [3.63, 3.8) is 0 Å². The van der Waals surface area contributed by atoms with Gasteiger partial charge in [0.25, 0.3) is 5.91 Å². The molecule has 0 aromatic carbocycles. The summed E-state index contributed by atoms with van der Waals surface area (Å²) in [6.45, 7) is 1.57. The van der Waals surface area contributed by atoms with E-state index in [1.54, 1.807) is 5.38 Å².